The Balaban J connectivity index is 1.65. The van der Waals surface area contributed by atoms with Gasteiger partial charge in [0.15, 0.2) is 11.7 Å². The number of thiazole rings is 1. The first kappa shape index (κ1) is 18.6. The van der Waals surface area contributed by atoms with E-state index in [1.807, 2.05) is 48.6 Å². The van der Waals surface area contributed by atoms with Crippen molar-refractivity contribution in [3.05, 3.63) is 50.6 Å². The number of anilines is 1. The molecule has 134 valence electrons. The minimum absolute atomic E-state index is 0.0239. The Morgan fingerprint density at radius 1 is 1.27 bits per heavy atom. The molecule has 0 spiro atoms. The Hall–Kier alpha value is -2.20. The third kappa shape index (κ3) is 4.13. The van der Waals surface area contributed by atoms with Crippen LogP contribution in [0.15, 0.2) is 30.3 Å². The van der Waals surface area contributed by atoms with E-state index in [-0.39, 0.29) is 11.3 Å². The average molecular weight is 482 g/mol. The predicted molar refractivity (Wildman–Crippen MR) is 109 cm³/mol. The molecule has 0 aliphatic rings. The van der Waals surface area contributed by atoms with Gasteiger partial charge >= 0.3 is 5.97 Å². The van der Waals surface area contributed by atoms with E-state index < -0.39 is 18.5 Å². The maximum Gasteiger partial charge on any atom is 0.342 e. The molecule has 0 fully saturated rings. The second-order valence-electron chi connectivity index (χ2n) is 5.73. The van der Waals surface area contributed by atoms with E-state index in [1.165, 1.54) is 23.5 Å². The van der Waals surface area contributed by atoms with Crippen molar-refractivity contribution in [1.82, 2.24) is 4.98 Å². The summed E-state index contributed by atoms with van der Waals surface area (Å²) in [6.45, 7) is 3.51. The van der Waals surface area contributed by atoms with Gasteiger partial charge in [-0.2, -0.15) is 0 Å². The summed E-state index contributed by atoms with van der Waals surface area (Å²) in [6, 6.07) is 8.60. The van der Waals surface area contributed by atoms with Crippen LogP contribution in [-0.4, -0.2) is 28.6 Å². The zero-order chi connectivity index (χ0) is 18.8. The van der Waals surface area contributed by atoms with Crippen molar-refractivity contribution in [1.29, 1.82) is 0 Å². The molecule has 3 aromatic rings. The molecule has 2 aromatic carbocycles. The highest BCUT2D eigenvalue weighted by molar-refractivity contribution is 14.1. The monoisotopic (exact) mass is 482 g/mol. The van der Waals surface area contributed by atoms with Crippen LogP contribution in [0.25, 0.3) is 10.2 Å². The number of benzene rings is 2. The number of phenolic OH excluding ortho intramolecular Hbond substituents is 1. The SMILES string of the molecule is Cc1cc(C)c2nc(NC(=O)COC(=O)c3cc(I)ccc3O)sc2c1. The number of amides is 1. The Kier molecular flexibility index (Phi) is 5.42. The molecule has 1 heterocycles. The second kappa shape index (κ2) is 7.58. The Morgan fingerprint density at radius 2 is 2.04 bits per heavy atom. The summed E-state index contributed by atoms with van der Waals surface area (Å²) in [6.07, 6.45) is 0. The number of ether oxygens (including phenoxy) is 1. The molecule has 8 heteroatoms. The van der Waals surface area contributed by atoms with Gasteiger partial charge in [0, 0.05) is 3.57 Å². The number of aromatic nitrogens is 1. The maximum atomic E-state index is 12.0. The normalized spacial score (nSPS) is 10.7. The van der Waals surface area contributed by atoms with E-state index in [0.717, 1.165) is 24.9 Å². The largest absolute Gasteiger partial charge is 0.507 e. The smallest absolute Gasteiger partial charge is 0.342 e. The fraction of sp³-hybridized carbons (Fsp3) is 0.167. The van der Waals surface area contributed by atoms with Gasteiger partial charge in [-0.1, -0.05) is 17.4 Å². The second-order valence-corrected chi connectivity index (χ2v) is 8.01. The van der Waals surface area contributed by atoms with E-state index in [9.17, 15) is 14.7 Å². The van der Waals surface area contributed by atoms with Gasteiger partial charge in [0.05, 0.1) is 10.2 Å². The molecule has 3 rings (SSSR count). The summed E-state index contributed by atoms with van der Waals surface area (Å²) >= 11 is 3.38. The number of fused-ring (bicyclic) bond motifs is 1. The number of phenols is 1. The molecular weight excluding hydrogens is 467 g/mol. The lowest BCUT2D eigenvalue weighted by atomic mass is 10.1. The first-order chi connectivity index (χ1) is 12.3. The molecular formula is C18H15IN2O4S. The fourth-order valence-electron chi connectivity index (χ4n) is 2.46. The van der Waals surface area contributed by atoms with Gasteiger partial charge in [-0.3, -0.25) is 10.1 Å². The third-order valence-electron chi connectivity index (χ3n) is 3.59. The minimum Gasteiger partial charge on any atom is -0.507 e. The van der Waals surface area contributed by atoms with Crippen molar-refractivity contribution in [2.75, 3.05) is 11.9 Å². The predicted octanol–water partition coefficient (Wildman–Crippen LogP) is 4.02. The standard InChI is InChI=1S/C18H15IN2O4S/c1-9-5-10(2)16-14(6-9)26-18(21-16)20-15(23)8-25-17(24)12-7-11(19)3-4-13(12)22/h3-7,22H,8H2,1-2H3,(H,20,21,23). The van der Waals surface area contributed by atoms with E-state index in [0.29, 0.717) is 5.13 Å². The summed E-state index contributed by atoms with van der Waals surface area (Å²) in [5, 5.41) is 12.8. The van der Waals surface area contributed by atoms with Gasteiger partial charge in [-0.25, -0.2) is 9.78 Å². The number of hydrogen-bond acceptors (Lipinski definition) is 6. The highest BCUT2D eigenvalue weighted by Crippen LogP contribution is 2.29. The lowest BCUT2D eigenvalue weighted by Gasteiger charge is -2.06. The number of nitrogens with one attached hydrogen (secondary N) is 1. The zero-order valence-corrected chi connectivity index (χ0v) is 17.0. The molecule has 6 nitrogen and oxygen atoms in total. The van der Waals surface area contributed by atoms with E-state index in [2.05, 4.69) is 10.3 Å². The molecule has 1 amide bonds. The van der Waals surface area contributed by atoms with Crippen LogP contribution in [-0.2, 0) is 9.53 Å². The molecule has 0 aliphatic heterocycles. The van der Waals surface area contributed by atoms with Crippen LogP contribution in [0.2, 0.25) is 0 Å². The van der Waals surface area contributed by atoms with Crippen molar-refractivity contribution >= 4 is 61.2 Å². The number of rotatable bonds is 4. The van der Waals surface area contributed by atoms with Crippen molar-refractivity contribution in [2.24, 2.45) is 0 Å². The highest BCUT2D eigenvalue weighted by Gasteiger charge is 2.16. The van der Waals surface area contributed by atoms with Crippen LogP contribution in [0.4, 0.5) is 5.13 Å². The van der Waals surface area contributed by atoms with Gasteiger partial charge in [-0.05, 0) is 71.8 Å². The zero-order valence-electron chi connectivity index (χ0n) is 14.0. The molecule has 2 N–H and O–H groups in total. The minimum atomic E-state index is -0.757. The lowest BCUT2D eigenvalue weighted by molar-refractivity contribution is -0.119. The molecule has 0 unspecified atom stereocenters. The Labute approximate surface area is 167 Å². The third-order valence-corrected chi connectivity index (χ3v) is 5.18. The fourth-order valence-corrected chi connectivity index (χ4v) is 4.01. The number of aromatic hydroxyl groups is 1. The van der Waals surface area contributed by atoms with E-state index in [4.69, 9.17) is 4.74 Å². The molecule has 0 saturated carbocycles. The van der Waals surface area contributed by atoms with Crippen LogP contribution in [0.1, 0.15) is 21.5 Å². The van der Waals surface area contributed by atoms with Crippen LogP contribution < -0.4 is 5.32 Å². The van der Waals surface area contributed by atoms with Crippen LogP contribution in [0.3, 0.4) is 0 Å². The van der Waals surface area contributed by atoms with Gasteiger partial charge in [0.2, 0.25) is 0 Å². The van der Waals surface area contributed by atoms with Gasteiger partial charge in [-0.15, -0.1) is 0 Å². The average Bonchev–Trinajstić information content (AvgIpc) is 2.97. The summed E-state index contributed by atoms with van der Waals surface area (Å²) < 4.78 is 6.74. The van der Waals surface area contributed by atoms with Crippen molar-refractivity contribution in [3.63, 3.8) is 0 Å². The molecule has 0 atom stereocenters. The number of hydrogen-bond donors (Lipinski definition) is 2. The quantitative estimate of drug-likeness (QED) is 0.434. The molecule has 1 aromatic heterocycles. The Bertz CT molecular complexity index is 1020. The van der Waals surface area contributed by atoms with Crippen LogP contribution in [0.5, 0.6) is 5.75 Å². The highest BCUT2D eigenvalue weighted by atomic mass is 127. The topological polar surface area (TPSA) is 88.5 Å². The summed E-state index contributed by atoms with van der Waals surface area (Å²) in [5.74, 6) is -1.43. The van der Waals surface area contributed by atoms with Gasteiger partial charge in [0.1, 0.15) is 11.3 Å². The number of esters is 1. The first-order valence-electron chi connectivity index (χ1n) is 7.67. The number of carbonyl (C=O) groups excluding carboxylic acids is 2. The first-order valence-corrected chi connectivity index (χ1v) is 9.56. The summed E-state index contributed by atoms with van der Waals surface area (Å²) in [4.78, 5) is 28.5. The number of carbonyl (C=O) groups is 2. The molecule has 0 saturated heterocycles. The van der Waals surface area contributed by atoms with Gasteiger partial charge in [0.25, 0.3) is 5.91 Å². The maximum absolute atomic E-state index is 12.0. The summed E-state index contributed by atoms with van der Waals surface area (Å²) in [5.41, 5.74) is 3.03. The van der Waals surface area contributed by atoms with Gasteiger partial charge < -0.3 is 9.84 Å². The number of halogens is 1. The lowest BCUT2D eigenvalue weighted by Crippen LogP contribution is -2.20. The number of nitrogens with zero attached hydrogens (tertiary/aromatic N) is 1. The van der Waals surface area contributed by atoms with Crippen LogP contribution in [0, 0.1) is 17.4 Å². The van der Waals surface area contributed by atoms with E-state index in [1.54, 1.807) is 6.07 Å². The summed E-state index contributed by atoms with van der Waals surface area (Å²) in [7, 11) is 0. The molecule has 0 aliphatic carbocycles. The van der Waals surface area contributed by atoms with Crippen molar-refractivity contribution < 1.29 is 19.4 Å². The molecule has 26 heavy (non-hydrogen) atoms. The molecule has 0 radical (unpaired) electrons. The molecule has 0 bridgehead atoms. The Morgan fingerprint density at radius 3 is 2.81 bits per heavy atom. The van der Waals surface area contributed by atoms with Crippen molar-refractivity contribution in [3.8, 4) is 5.75 Å². The van der Waals surface area contributed by atoms with Crippen LogP contribution >= 0.6 is 33.9 Å². The number of aryl methyl sites for hydroxylation is 2. The van der Waals surface area contributed by atoms with E-state index >= 15 is 0 Å². The van der Waals surface area contributed by atoms with Crippen molar-refractivity contribution in [2.45, 2.75) is 13.8 Å².